The summed E-state index contributed by atoms with van der Waals surface area (Å²) in [5, 5.41) is 0. The van der Waals surface area contributed by atoms with Gasteiger partial charge in [0, 0.05) is 34.6 Å². The molecule has 0 spiro atoms. The molecule has 0 amide bonds. The van der Waals surface area contributed by atoms with Crippen LogP contribution in [0.25, 0.3) is 0 Å². The summed E-state index contributed by atoms with van der Waals surface area (Å²) in [6, 6.07) is 21.2. The Kier molecular flexibility index (Phi) is 7.88. The molecule has 118 valence electrons. The van der Waals surface area contributed by atoms with Crippen molar-refractivity contribution in [2.24, 2.45) is 0 Å². The van der Waals surface area contributed by atoms with E-state index < -0.39 is 0 Å². The first-order valence-corrected chi connectivity index (χ1v) is 9.44. The minimum atomic E-state index is 1.03. The highest BCUT2D eigenvalue weighted by atomic mass is 32.2. The molecular formula is C18H24N2S2. The third-order valence-electron chi connectivity index (χ3n) is 3.25. The van der Waals surface area contributed by atoms with Crippen molar-refractivity contribution >= 4 is 23.5 Å². The fraction of sp³-hybridized carbons (Fsp3) is 0.333. The first-order valence-electron chi connectivity index (χ1n) is 7.47. The molecule has 0 aromatic heterocycles. The molecule has 0 fully saturated rings. The lowest BCUT2D eigenvalue weighted by Gasteiger charge is -2.21. The molecule has 2 nitrogen and oxygen atoms in total. The Morgan fingerprint density at radius 3 is 1.36 bits per heavy atom. The van der Waals surface area contributed by atoms with Crippen molar-refractivity contribution in [2.75, 3.05) is 38.9 Å². The third kappa shape index (κ3) is 6.88. The number of hydrogen-bond acceptors (Lipinski definition) is 4. The molecule has 0 bridgehead atoms. The Morgan fingerprint density at radius 2 is 1.00 bits per heavy atom. The van der Waals surface area contributed by atoms with Crippen LogP contribution in [0.2, 0.25) is 0 Å². The van der Waals surface area contributed by atoms with E-state index in [0.29, 0.717) is 0 Å². The van der Waals surface area contributed by atoms with Crippen LogP contribution in [0.4, 0.5) is 0 Å². The summed E-state index contributed by atoms with van der Waals surface area (Å²) >= 11 is 3.79. The predicted octanol–water partition coefficient (Wildman–Crippen LogP) is 4.35. The molecule has 0 aliphatic rings. The lowest BCUT2D eigenvalue weighted by atomic mass is 10.4. The molecule has 0 N–H and O–H groups in total. The average Bonchev–Trinajstić information content (AvgIpc) is 2.58. The monoisotopic (exact) mass is 332 g/mol. The fourth-order valence-electron chi connectivity index (χ4n) is 1.87. The number of benzene rings is 2. The van der Waals surface area contributed by atoms with Crippen LogP contribution in [0.15, 0.2) is 70.5 Å². The molecule has 0 radical (unpaired) electrons. The topological polar surface area (TPSA) is 6.48 Å². The smallest absolute Gasteiger partial charge is 0.0489 e. The van der Waals surface area contributed by atoms with E-state index >= 15 is 0 Å². The predicted molar refractivity (Wildman–Crippen MR) is 99.6 cm³/mol. The number of hydrogen-bond donors (Lipinski definition) is 0. The van der Waals surface area contributed by atoms with E-state index in [9.17, 15) is 0 Å². The average molecular weight is 333 g/mol. The van der Waals surface area contributed by atoms with Gasteiger partial charge in [-0.25, -0.2) is 0 Å². The molecule has 4 heteroatoms. The van der Waals surface area contributed by atoms with E-state index in [2.05, 4.69) is 84.6 Å². The quantitative estimate of drug-likeness (QED) is 0.497. The van der Waals surface area contributed by atoms with Gasteiger partial charge >= 0.3 is 0 Å². The summed E-state index contributed by atoms with van der Waals surface area (Å²) in [5.41, 5.74) is 0. The molecule has 22 heavy (non-hydrogen) atoms. The van der Waals surface area contributed by atoms with E-state index in [1.807, 2.05) is 23.5 Å². The number of likely N-dealkylation sites (N-methyl/N-ethyl adjacent to an activating group) is 2. The Morgan fingerprint density at radius 1 is 0.636 bits per heavy atom. The maximum Gasteiger partial charge on any atom is 0.0489 e. The van der Waals surface area contributed by atoms with Crippen LogP contribution in [-0.2, 0) is 0 Å². The Labute approximate surface area is 142 Å². The molecule has 2 aromatic carbocycles. The first-order chi connectivity index (χ1) is 10.7. The van der Waals surface area contributed by atoms with Crippen molar-refractivity contribution in [2.45, 2.75) is 9.79 Å². The molecule has 0 unspecified atom stereocenters. The number of thioether (sulfide) groups is 2. The summed E-state index contributed by atoms with van der Waals surface area (Å²) < 4.78 is 0. The maximum atomic E-state index is 2.38. The van der Waals surface area contributed by atoms with Crippen molar-refractivity contribution in [3.63, 3.8) is 0 Å². The lowest BCUT2D eigenvalue weighted by molar-refractivity contribution is 0.306. The van der Waals surface area contributed by atoms with Crippen molar-refractivity contribution in [3.05, 3.63) is 60.7 Å². The minimum Gasteiger partial charge on any atom is -0.296 e. The van der Waals surface area contributed by atoms with E-state index in [1.54, 1.807) is 0 Å². The zero-order valence-corrected chi connectivity index (χ0v) is 14.9. The highest BCUT2D eigenvalue weighted by Gasteiger charge is 2.03. The highest BCUT2D eigenvalue weighted by molar-refractivity contribution is 7.99. The highest BCUT2D eigenvalue weighted by Crippen LogP contribution is 2.18. The fourth-order valence-corrected chi connectivity index (χ4v) is 3.57. The Balaban J connectivity index is 1.60. The van der Waals surface area contributed by atoms with Gasteiger partial charge in [-0.3, -0.25) is 9.80 Å². The van der Waals surface area contributed by atoms with Crippen LogP contribution in [0, 0.1) is 0 Å². The summed E-state index contributed by atoms with van der Waals surface area (Å²) in [4.78, 5) is 7.42. The van der Waals surface area contributed by atoms with Gasteiger partial charge in [0.2, 0.25) is 0 Å². The third-order valence-corrected chi connectivity index (χ3v) is 5.60. The van der Waals surface area contributed by atoms with Gasteiger partial charge in [-0.1, -0.05) is 36.4 Å². The van der Waals surface area contributed by atoms with Gasteiger partial charge in [0.05, 0.1) is 0 Å². The maximum absolute atomic E-state index is 2.38. The molecule has 0 aliphatic heterocycles. The lowest BCUT2D eigenvalue weighted by Crippen LogP contribution is -2.30. The summed E-state index contributed by atoms with van der Waals surface area (Å²) in [7, 11) is 4.38. The zero-order valence-electron chi connectivity index (χ0n) is 13.3. The van der Waals surface area contributed by atoms with Crippen molar-refractivity contribution in [1.82, 2.24) is 9.80 Å². The number of nitrogens with zero attached hydrogens (tertiary/aromatic N) is 2. The van der Waals surface area contributed by atoms with Crippen LogP contribution in [-0.4, -0.2) is 48.7 Å². The zero-order chi connectivity index (χ0) is 15.6. The molecule has 0 aliphatic carbocycles. The van der Waals surface area contributed by atoms with Crippen molar-refractivity contribution in [3.8, 4) is 0 Å². The van der Waals surface area contributed by atoms with Crippen molar-refractivity contribution < 1.29 is 0 Å². The van der Waals surface area contributed by atoms with Crippen LogP contribution in [0.1, 0.15) is 0 Å². The van der Waals surface area contributed by atoms with Crippen molar-refractivity contribution in [1.29, 1.82) is 0 Å². The van der Waals surface area contributed by atoms with Gasteiger partial charge in [-0.2, -0.15) is 0 Å². The summed E-state index contributed by atoms with van der Waals surface area (Å²) in [6.07, 6.45) is 0. The summed E-state index contributed by atoms with van der Waals surface area (Å²) in [5.74, 6) is 2.06. The Hall–Kier alpha value is -0.940. The molecule has 0 saturated heterocycles. The second-order valence-corrected chi connectivity index (χ2v) is 7.37. The van der Waals surface area contributed by atoms with Gasteiger partial charge in [-0.05, 0) is 38.4 Å². The second kappa shape index (κ2) is 9.95. The largest absolute Gasteiger partial charge is 0.296 e. The molecule has 0 saturated carbocycles. The van der Waals surface area contributed by atoms with Gasteiger partial charge in [0.1, 0.15) is 0 Å². The van der Waals surface area contributed by atoms with Crippen LogP contribution in [0.5, 0.6) is 0 Å². The van der Waals surface area contributed by atoms with E-state index in [4.69, 9.17) is 0 Å². The van der Waals surface area contributed by atoms with Crippen LogP contribution < -0.4 is 0 Å². The van der Waals surface area contributed by atoms with Crippen LogP contribution in [0.3, 0.4) is 0 Å². The Bertz CT molecular complexity index is 470. The van der Waals surface area contributed by atoms with Gasteiger partial charge in [-0.15, -0.1) is 23.5 Å². The normalized spacial score (nSPS) is 11.3. The number of rotatable bonds is 9. The summed E-state index contributed by atoms with van der Waals surface area (Å²) in [6.45, 7) is 2.18. The first kappa shape index (κ1) is 17.4. The van der Waals surface area contributed by atoms with Crippen LogP contribution >= 0.6 is 23.5 Å². The minimum absolute atomic E-state index is 1.03. The molecule has 0 heterocycles. The standard InChI is InChI=1S/C18H24N2S2/c1-19(15-21-17-9-5-3-6-10-17)13-14-20(2)16-22-18-11-7-4-8-12-18/h3-12H,13-16H2,1-2H3. The molecule has 2 aromatic rings. The van der Waals surface area contributed by atoms with E-state index in [-0.39, 0.29) is 0 Å². The molecular weight excluding hydrogens is 308 g/mol. The van der Waals surface area contributed by atoms with E-state index in [1.165, 1.54) is 9.79 Å². The van der Waals surface area contributed by atoms with E-state index in [0.717, 1.165) is 24.8 Å². The molecule has 0 atom stereocenters. The SMILES string of the molecule is CN(CCN(C)CSc1ccccc1)CSc1ccccc1. The van der Waals surface area contributed by atoms with Gasteiger partial charge < -0.3 is 0 Å². The molecule has 2 rings (SSSR count). The van der Waals surface area contributed by atoms with Gasteiger partial charge in [0.15, 0.2) is 0 Å². The second-order valence-electron chi connectivity index (χ2n) is 5.33. The van der Waals surface area contributed by atoms with Gasteiger partial charge in [0.25, 0.3) is 0 Å².